The fraction of sp³-hybridized carbons (Fsp3) is 0.615. The summed E-state index contributed by atoms with van der Waals surface area (Å²) in [5.74, 6) is -0.440. The SMILES string of the molecule is CC(C)N1C[C@H](C)[C@H](NS(=O)(=O)c2cncc(F)c2)C1. The fourth-order valence-electron chi connectivity index (χ4n) is 2.39. The zero-order chi connectivity index (χ0) is 14.9. The molecule has 1 aliphatic heterocycles. The minimum absolute atomic E-state index is 0.132. The third-order valence-electron chi connectivity index (χ3n) is 3.67. The van der Waals surface area contributed by atoms with Crippen molar-refractivity contribution in [3.63, 3.8) is 0 Å². The van der Waals surface area contributed by atoms with Crippen LogP contribution in [0.5, 0.6) is 0 Å². The average Bonchev–Trinajstić information content (AvgIpc) is 2.70. The van der Waals surface area contributed by atoms with Crippen molar-refractivity contribution >= 4 is 10.0 Å². The first kappa shape index (κ1) is 15.3. The Bertz CT molecular complexity index is 577. The van der Waals surface area contributed by atoms with Crippen molar-refractivity contribution in [2.75, 3.05) is 13.1 Å². The van der Waals surface area contributed by atoms with Gasteiger partial charge in [-0.1, -0.05) is 6.92 Å². The quantitative estimate of drug-likeness (QED) is 0.908. The summed E-state index contributed by atoms with van der Waals surface area (Å²) in [5.41, 5.74) is 0. The molecular weight excluding hydrogens is 281 g/mol. The molecule has 2 atom stereocenters. The standard InChI is InChI=1S/C13H20FN3O2S/c1-9(2)17-7-10(3)13(8-17)16-20(18,19)12-4-11(14)5-15-6-12/h4-6,9-10,13,16H,7-8H2,1-3H3/t10-,13+/m0/s1. The number of nitrogens with one attached hydrogen (secondary N) is 1. The lowest BCUT2D eigenvalue weighted by atomic mass is 10.1. The number of likely N-dealkylation sites (tertiary alicyclic amines) is 1. The zero-order valence-corrected chi connectivity index (χ0v) is 12.7. The molecule has 1 aromatic heterocycles. The summed E-state index contributed by atoms with van der Waals surface area (Å²) in [6.07, 6.45) is 2.14. The van der Waals surface area contributed by atoms with Crippen molar-refractivity contribution in [2.24, 2.45) is 5.92 Å². The van der Waals surface area contributed by atoms with Gasteiger partial charge in [0.2, 0.25) is 10.0 Å². The van der Waals surface area contributed by atoms with Gasteiger partial charge in [0, 0.05) is 31.4 Å². The smallest absolute Gasteiger partial charge is 0.242 e. The van der Waals surface area contributed by atoms with Crippen molar-refractivity contribution in [3.05, 3.63) is 24.3 Å². The van der Waals surface area contributed by atoms with Crippen LogP contribution in [0.15, 0.2) is 23.4 Å². The highest BCUT2D eigenvalue weighted by Crippen LogP contribution is 2.20. The van der Waals surface area contributed by atoms with Crippen molar-refractivity contribution < 1.29 is 12.8 Å². The molecule has 0 amide bonds. The molecule has 1 fully saturated rings. The summed E-state index contributed by atoms with van der Waals surface area (Å²) >= 11 is 0. The predicted octanol–water partition coefficient (Wildman–Crippen LogP) is 1.23. The van der Waals surface area contributed by atoms with Gasteiger partial charge < -0.3 is 0 Å². The summed E-state index contributed by atoms with van der Waals surface area (Å²) in [6, 6.07) is 1.20. The monoisotopic (exact) mass is 301 g/mol. The van der Waals surface area contributed by atoms with Crippen LogP contribution in [0.3, 0.4) is 0 Å². The normalized spacial score (nSPS) is 24.4. The van der Waals surface area contributed by atoms with Crippen LogP contribution in [-0.4, -0.2) is 43.5 Å². The molecule has 1 N–H and O–H groups in total. The van der Waals surface area contributed by atoms with Gasteiger partial charge in [-0.15, -0.1) is 0 Å². The summed E-state index contributed by atoms with van der Waals surface area (Å²) < 4.78 is 40.2. The van der Waals surface area contributed by atoms with Crippen LogP contribution < -0.4 is 4.72 Å². The van der Waals surface area contributed by atoms with Crippen LogP contribution in [0, 0.1) is 11.7 Å². The van der Waals surface area contributed by atoms with E-state index < -0.39 is 15.8 Å². The predicted molar refractivity (Wildman–Crippen MR) is 74.2 cm³/mol. The molecule has 7 heteroatoms. The molecule has 2 heterocycles. The van der Waals surface area contributed by atoms with E-state index in [9.17, 15) is 12.8 Å². The summed E-state index contributed by atoms with van der Waals surface area (Å²) in [6.45, 7) is 7.70. The number of nitrogens with zero attached hydrogens (tertiary/aromatic N) is 2. The molecule has 1 aliphatic rings. The van der Waals surface area contributed by atoms with Gasteiger partial charge in [0.1, 0.15) is 10.7 Å². The molecule has 0 aromatic carbocycles. The maximum Gasteiger partial charge on any atom is 0.242 e. The molecule has 0 saturated carbocycles. The summed E-state index contributed by atoms with van der Waals surface area (Å²) in [5, 5.41) is 0. The van der Waals surface area contributed by atoms with Crippen molar-refractivity contribution in [3.8, 4) is 0 Å². The van der Waals surface area contributed by atoms with Crippen LogP contribution in [0.2, 0.25) is 0 Å². The molecule has 0 spiro atoms. The largest absolute Gasteiger partial charge is 0.299 e. The molecule has 20 heavy (non-hydrogen) atoms. The molecule has 0 radical (unpaired) electrons. The maximum atomic E-state index is 13.1. The van der Waals surface area contributed by atoms with E-state index >= 15 is 0 Å². The van der Waals surface area contributed by atoms with E-state index in [0.717, 1.165) is 25.0 Å². The van der Waals surface area contributed by atoms with Crippen molar-refractivity contribution in [1.82, 2.24) is 14.6 Å². The number of hydrogen-bond donors (Lipinski definition) is 1. The van der Waals surface area contributed by atoms with Crippen molar-refractivity contribution in [2.45, 2.75) is 37.8 Å². The van der Waals surface area contributed by atoms with E-state index in [1.165, 1.54) is 0 Å². The minimum Gasteiger partial charge on any atom is -0.299 e. The Morgan fingerprint density at radius 2 is 2.10 bits per heavy atom. The molecule has 1 aromatic rings. The number of sulfonamides is 1. The first-order valence-corrected chi connectivity index (χ1v) is 8.15. The molecule has 5 nitrogen and oxygen atoms in total. The lowest BCUT2D eigenvalue weighted by molar-refractivity contribution is 0.265. The Labute approximate surface area is 119 Å². The van der Waals surface area contributed by atoms with Gasteiger partial charge in [0.25, 0.3) is 0 Å². The van der Waals surface area contributed by atoms with Crippen LogP contribution in [0.25, 0.3) is 0 Å². The zero-order valence-electron chi connectivity index (χ0n) is 11.9. The number of rotatable bonds is 4. The lowest BCUT2D eigenvalue weighted by Crippen LogP contribution is -2.40. The van der Waals surface area contributed by atoms with Gasteiger partial charge in [-0.05, 0) is 25.8 Å². The van der Waals surface area contributed by atoms with E-state index in [4.69, 9.17) is 0 Å². The van der Waals surface area contributed by atoms with Crippen LogP contribution in [0.4, 0.5) is 4.39 Å². The van der Waals surface area contributed by atoms with Crippen LogP contribution in [0.1, 0.15) is 20.8 Å². The van der Waals surface area contributed by atoms with Crippen LogP contribution in [-0.2, 0) is 10.0 Å². The Morgan fingerprint density at radius 3 is 2.65 bits per heavy atom. The first-order chi connectivity index (χ1) is 9.29. The maximum absolute atomic E-state index is 13.1. The van der Waals surface area contributed by atoms with E-state index in [-0.39, 0.29) is 16.9 Å². The Morgan fingerprint density at radius 1 is 1.40 bits per heavy atom. The highest BCUT2D eigenvalue weighted by Gasteiger charge is 2.34. The topological polar surface area (TPSA) is 62.3 Å². The molecule has 0 aliphatic carbocycles. The molecule has 0 bridgehead atoms. The van der Waals surface area contributed by atoms with E-state index in [1.807, 2.05) is 6.92 Å². The number of hydrogen-bond acceptors (Lipinski definition) is 4. The van der Waals surface area contributed by atoms with E-state index in [1.54, 1.807) is 0 Å². The summed E-state index contributed by atoms with van der Waals surface area (Å²) in [4.78, 5) is 5.67. The van der Waals surface area contributed by atoms with E-state index in [0.29, 0.717) is 12.6 Å². The van der Waals surface area contributed by atoms with Gasteiger partial charge in [-0.2, -0.15) is 0 Å². The third-order valence-corrected chi connectivity index (χ3v) is 5.12. The molecule has 1 saturated heterocycles. The Kier molecular flexibility index (Phi) is 4.41. The lowest BCUT2D eigenvalue weighted by Gasteiger charge is -2.20. The molecule has 2 rings (SSSR count). The Balaban J connectivity index is 2.13. The summed E-state index contributed by atoms with van der Waals surface area (Å²) in [7, 11) is -3.73. The first-order valence-electron chi connectivity index (χ1n) is 6.66. The van der Waals surface area contributed by atoms with Gasteiger partial charge in [0.05, 0.1) is 6.20 Å². The van der Waals surface area contributed by atoms with Crippen LogP contribution >= 0.6 is 0 Å². The second kappa shape index (κ2) is 5.75. The van der Waals surface area contributed by atoms with Gasteiger partial charge in [-0.3, -0.25) is 9.88 Å². The van der Waals surface area contributed by atoms with E-state index in [2.05, 4.69) is 28.5 Å². The molecular formula is C13H20FN3O2S. The fourth-order valence-corrected chi connectivity index (χ4v) is 3.69. The average molecular weight is 301 g/mol. The highest BCUT2D eigenvalue weighted by atomic mass is 32.2. The Hall–Kier alpha value is -1.05. The van der Waals surface area contributed by atoms with Gasteiger partial charge in [-0.25, -0.2) is 17.5 Å². The van der Waals surface area contributed by atoms with Crippen molar-refractivity contribution in [1.29, 1.82) is 0 Å². The minimum atomic E-state index is -3.73. The third kappa shape index (κ3) is 3.34. The highest BCUT2D eigenvalue weighted by molar-refractivity contribution is 7.89. The molecule has 112 valence electrons. The number of pyridine rings is 1. The van der Waals surface area contributed by atoms with Gasteiger partial charge >= 0.3 is 0 Å². The second-order valence-corrected chi connectivity index (χ2v) is 7.31. The molecule has 0 unspecified atom stereocenters. The number of aromatic nitrogens is 1. The van der Waals surface area contributed by atoms with Gasteiger partial charge in [0.15, 0.2) is 0 Å². The second-order valence-electron chi connectivity index (χ2n) is 5.59. The number of halogens is 1.